The average Bonchev–Trinajstić information content (AvgIpc) is 3.47. The lowest BCUT2D eigenvalue weighted by Crippen LogP contribution is -2.53. The number of piperazine rings is 1. The SMILES string of the molecule is C=C(NCCCn1cc(-c2ccc(OC(F)(F)F)cc2)c2cc(CN3CCN(Cc4c(C(F)(F)F)cccc4C(F)(F)F)CC3)ccc21)C1(N)CCNCC1. The van der Waals surface area contributed by atoms with Crippen molar-refractivity contribution in [1.29, 1.82) is 0 Å². The van der Waals surface area contributed by atoms with Gasteiger partial charge >= 0.3 is 18.7 Å². The maximum Gasteiger partial charge on any atom is 0.573 e. The van der Waals surface area contributed by atoms with Crippen molar-refractivity contribution in [2.75, 3.05) is 45.8 Å². The fourth-order valence-corrected chi connectivity index (χ4v) is 7.41. The van der Waals surface area contributed by atoms with Crippen LogP contribution in [0, 0.1) is 0 Å². The summed E-state index contributed by atoms with van der Waals surface area (Å²) in [5.41, 5.74) is 6.89. The maximum atomic E-state index is 13.7. The second-order valence-electron chi connectivity index (χ2n) is 14.2. The number of rotatable bonds is 12. The van der Waals surface area contributed by atoms with Crippen molar-refractivity contribution in [2.24, 2.45) is 5.73 Å². The molecule has 298 valence electrons. The predicted molar refractivity (Wildman–Crippen MR) is 192 cm³/mol. The molecule has 2 saturated heterocycles. The average molecular weight is 783 g/mol. The van der Waals surface area contributed by atoms with Crippen molar-refractivity contribution in [3.8, 4) is 16.9 Å². The van der Waals surface area contributed by atoms with Gasteiger partial charge < -0.3 is 25.7 Å². The second kappa shape index (κ2) is 16.1. The molecule has 0 aliphatic carbocycles. The summed E-state index contributed by atoms with van der Waals surface area (Å²) in [7, 11) is 0. The van der Waals surface area contributed by atoms with E-state index in [0.717, 1.165) is 66.1 Å². The van der Waals surface area contributed by atoms with Crippen LogP contribution in [-0.4, -0.2) is 72.1 Å². The molecule has 0 amide bonds. The molecule has 0 bridgehead atoms. The summed E-state index contributed by atoms with van der Waals surface area (Å²) in [5, 5.41) is 7.56. The number of piperidine rings is 1. The minimum atomic E-state index is -4.93. The van der Waals surface area contributed by atoms with Gasteiger partial charge in [0.25, 0.3) is 0 Å². The molecule has 4 N–H and O–H groups in total. The number of benzene rings is 3. The first-order chi connectivity index (χ1) is 25.9. The molecule has 2 aliphatic rings. The smallest absolute Gasteiger partial charge is 0.406 e. The van der Waals surface area contributed by atoms with Gasteiger partial charge in [0, 0.05) is 80.7 Å². The Morgan fingerprint density at radius 1 is 0.818 bits per heavy atom. The third-order valence-electron chi connectivity index (χ3n) is 10.4. The number of fused-ring (bicyclic) bond motifs is 1. The Kier molecular flexibility index (Phi) is 11.8. The number of halogens is 9. The first-order valence-corrected chi connectivity index (χ1v) is 18.0. The highest BCUT2D eigenvalue weighted by Gasteiger charge is 2.41. The van der Waals surface area contributed by atoms with Crippen LogP contribution in [0.25, 0.3) is 22.0 Å². The molecule has 0 atom stereocenters. The molecule has 4 aromatic rings. The molecule has 2 aliphatic heterocycles. The Morgan fingerprint density at radius 3 is 2.00 bits per heavy atom. The normalized spacial score (nSPS) is 17.4. The van der Waals surface area contributed by atoms with Crippen molar-refractivity contribution in [2.45, 2.75) is 63.2 Å². The molecule has 55 heavy (non-hydrogen) atoms. The van der Waals surface area contributed by atoms with Gasteiger partial charge in [-0.1, -0.05) is 30.8 Å². The monoisotopic (exact) mass is 782 g/mol. The van der Waals surface area contributed by atoms with Crippen molar-refractivity contribution in [3.63, 3.8) is 0 Å². The number of nitrogens with one attached hydrogen (secondary N) is 2. The number of hydrogen-bond acceptors (Lipinski definition) is 6. The lowest BCUT2D eigenvalue weighted by atomic mass is 9.86. The molecule has 7 nitrogen and oxygen atoms in total. The third-order valence-corrected chi connectivity index (χ3v) is 10.4. The van der Waals surface area contributed by atoms with Crippen LogP contribution in [0.3, 0.4) is 0 Å². The molecule has 6 rings (SSSR count). The van der Waals surface area contributed by atoms with Crippen LogP contribution >= 0.6 is 0 Å². The van der Waals surface area contributed by atoms with Crippen LogP contribution in [0.5, 0.6) is 5.75 Å². The Morgan fingerprint density at radius 2 is 1.42 bits per heavy atom. The van der Waals surface area contributed by atoms with Crippen molar-refractivity contribution >= 4 is 10.9 Å². The fraction of sp³-hybridized carbons (Fsp3) is 0.436. The molecular formula is C39H43F9N6O. The van der Waals surface area contributed by atoms with Crippen molar-refractivity contribution < 1.29 is 44.3 Å². The highest BCUT2D eigenvalue weighted by molar-refractivity contribution is 5.96. The summed E-state index contributed by atoms with van der Waals surface area (Å²) in [6, 6.07) is 13.8. The van der Waals surface area contributed by atoms with E-state index in [0.29, 0.717) is 50.4 Å². The van der Waals surface area contributed by atoms with Crippen LogP contribution in [0.4, 0.5) is 39.5 Å². The fourth-order valence-electron chi connectivity index (χ4n) is 7.41. The summed E-state index contributed by atoms with van der Waals surface area (Å²) in [5.74, 6) is -0.339. The van der Waals surface area contributed by atoms with Gasteiger partial charge in [-0.2, -0.15) is 26.3 Å². The second-order valence-corrected chi connectivity index (χ2v) is 14.2. The van der Waals surface area contributed by atoms with Crippen LogP contribution in [0.2, 0.25) is 0 Å². The number of alkyl halides is 9. The van der Waals surface area contributed by atoms with Crippen LogP contribution in [0.15, 0.2) is 79.1 Å². The third kappa shape index (κ3) is 9.95. The van der Waals surface area contributed by atoms with Gasteiger partial charge in [0.15, 0.2) is 0 Å². The van der Waals surface area contributed by atoms with E-state index < -0.39 is 47.5 Å². The molecule has 0 saturated carbocycles. The molecule has 0 radical (unpaired) electrons. The molecule has 2 fully saturated rings. The van der Waals surface area contributed by atoms with Crippen LogP contribution in [-0.2, 0) is 32.0 Å². The number of nitrogens with zero attached hydrogens (tertiary/aromatic N) is 3. The van der Waals surface area contributed by atoms with E-state index in [1.54, 1.807) is 17.0 Å². The summed E-state index contributed by atoms with van der Waals surface area (Å²) in [6.45, 7) is 8.44. The molecule has 0 unspecified atom stereocenters. The topological polar surface area (TPSA) is 70.7 Å². The van der Waals surface area contributed by atoms with Crippen molar-refractivity contribution in [3.05, 3.63) is 101 Å². The summed E-state index contributed by atoms with van der Waals surface area (Å²) >= 11 is 0. The van der Waals surface area contributed by atoms with Crippen molar-refractivity contribution in [1.82, 2.24) is 25.0 Å². The highest BCUT2D eigenvalue weighted by atomic mass is 19.4. The number of aryl methyl sites for hydroxylation is 1. The van der Waals surface area contributed by atoms with E-state index >= 15 is 0 Å². The molecule has 3 aromatic carbocycles. The van der Waals surface area contributed by atoms with E-state index in [9.17, 15) is 39.5 Å². The predicted octanol–water partition coefficient (Wildman–Crippen LogP) is 8.14. The zero-order valence-electron chi connectivity index (χ0n) is 30.0. The standard InChI is InChI=1S/C39H43F9N6O/c1-26(36(49)12-15-50-16-13-36)51-14-3-17-54-25-31(28-7-9-29(10-8-28)55-39(46,47)48)30-22-27(6-11-35(30)54)23-52-18-20-53(21-19-52)24-32-33(37(40,41)42)4-2-5-34(32)38(43,44)45/h2,4-11,22,25,50-51H,1,3,12-21,23-24,49H2. The zero-order valence-corrected chi connectivity index (χ0v) is 30.0. The van der Waals surface area contributed by atoms with Crippen LogP contribution in [0.1, 0.15) is 41.5 Å². The number of hydrogen-bond donors (Lipinski definition) is 3. The molecular weight excluding hydrogens is 739 g/mol. The van der Waals surface area contributed by atoms with E-state index in [4.69, 9.17) is 5.73 Å². The van der Waals surface area contributed by atoms with E-state index in [-0.39, 0.29) is 18.8 Å². The van der Waals surface area contributed by atoms with E-state index in [2.05, 4.69) is 31.4 Å². The summed E-state index contributed by atoms with van der Waals surface area (Å²) in [4.78, 5) is 3.69. The minimum absolute atomic E-state index is 0.266. The summed E-state index contributed by atoms with van der Waals surface area (Å²) < 4.78 is 127. The van der Waals surface area contributed by atoms with E-state index in [1.165, 1.54) is 12.1 Å². The van der Waals surface area contributed by atoms with Gasteiger partial charge in [-0.15, -0.1) is 13.2 Å². The first-order valence-electron chi connectivity index (χ1n) is 18.0. The first kappa shape index (κ1) is 40.4. The van der Waals surface area contributed by atoms with Gasteiger partial charge in [-0.3, -0.25) is 9.80 Å². The van der Waals surface area contributed by atoms with Gasteiger partial charge in [0.2, 0.25) is 0 Å². The molecule has 0 spiro atoms. The maximum absolute atomic E-state index is 13.7. The van der Waals surface area contributed by atoms with E-state index in [1.807, 2.05) is 24.4 Å². The number of aromatic nitrogens is 1. The summed E-state index contributed by atoms with van der Waals surface area (Å²) in [6.07, 6.45) is -10.4. The van der Waals surface area contributed by atoms with Gasteiger partial charge in [-0.25, -0.2) is 0 Å². The number of ether oxygens (including phenoxy) is 1. The Bertz CT molecular complexity index is 1910. The largest absolute Gasteiger partial charge is 0.573 e. The lowest BCUT2D eigenvalue weighted by Gasteiger charge is -2.36. The Labute approximate surface area is 312 Å². The minimum Gasteiger partial charge on any atom is -0.406 e. The molecule has 1 aromatic heterocycles. The Hall–Kier alpha value is -4.25. The zero-order chi connectivity index (χ0) is 39.6. The highest BCUT2D eigenvalue weighted by Crippen LogP contribution is 2.40. The van der Waals surface area contributed by atoms with Gasteiger partial charge in [-0.05, 0) is 85.4 Å². The molecule has 16 heteroatoms. The number of nitrogens with two attached hydrogens (primary N) is 1. The van der Waals surface area contributed by atoms with Crippen LogP contribution < -0.4 is 21.1 Å². The quantitative estimate of drug-likeness (QED) is 0.0997. The lowest BCUT2D eigenvalue weighted by molar-refractivity contribution is -0.274. The Balaban J connectivity index is 1.16. The van der Waals surface area contributed by atoms with Gasteiger partial charge in [0.05, 0.1) is 16.7 Å². The van der Waals surface area contributed by atoms with Gasteiger partial charge in [0.1, 0.15) is 5.75 Å². The molecule has 3 heterocycles.